The summed E-state index contributed by atoms with van der Waals surface area (Å²) in [6.45, 7) is 0. The second-order valence-electron chi connectivity index (χ2n) is 11.1. The van der Waals surface area contributed by atoms with Crippen LogP contribution in [-0.4, -0.2) is 4.57 Å². The molecule has 0 N–H and O–H groups in total. The molecule has 0 atom stereocenters. The Labute approximate surface area is 257 Å². The van der Waals surface area contributed by atoms with Gasteiger partial charge in [-0.15, -0.1) is 0 Å². The Hall–Kier alpha value is -5.86. The molecule has 0 saturated carbocycles. The lowest BCUT2D eigenvalue weighted by molar-refractivity contribution is 1.18. The van der Waals surface area contributed by atoms with Gasteiger partial charge in [-0.2, -0.15) is 0 Å². The van der Waals surface area contributed by atoms with Gasteiger partial charge in [0.2, 0.25) is 0 Å². The topological polar surface area (TPSA) is 8.17 Å². The zero-order valence-electron chi connectivity index (χ0n) is 24.2. The van der Waals surface area contributed by atoms with E-state index in [1.165, 1.54) is 49.7 Å². The molecule has 8 rings (SSSR count). The van der Waals surface area contributed by atoms with Gasteiger partial charge in [0.1, 0.15) is 0 Å². The van der Waals surface area contributed by atoms with Crippen molar-refractivity contribution >= 4 is 38.9 Å². The summed E-state index contributed by atoms with van der Waals surface area (Å²) in [4.78, 5) is 2.29. The number of nitrogens with zero attached hydrogens (tertiary/aromatic N) is 2. The van der Waals surface area contributed by atoms with Gasteiger partial charge >= 0.3 is 0 Å². The largest absolute Gasteiger partial charge is 0.311 e. The zero-order chi connectivity index (χ0) is 29.3. The Morgan fingerprint density at radius 3 is 1.50 bits per heavy atom. The van der Waals surface area contributed by atoms with Gasteiger partial charge in [-0.05, 0) is 95.1 Å². The molecule has 44 heavy (non-hydrogen) atoms. The summed E-state index contributed by atoms with van der Waals surface area (Å²) in [5, 5.41) is 2.53. The molecule has 0 radical (unpaired) electrons. The van der Waals surface area contributed by atoms with Crippen LogP contribution in [0.3, 0.4) is 0 Å². The van der Waals surface area contributed by atoms with Crippen molar-refractivity contribution in [1.29, 1.82) is 0 Å². The third-order valence-electron chi connectivity index (χ3n) is 8.37. The summed E-state index contributed by atoms with van der Waals surface area (Å²) < 4.78 is 2.36. The van der Waals surface area contributed by atoms with Gasteiger partial charge in [-0.1, -0.05) is 109 Å². The van der Waals surface area contributed by atoms with Crippen molar-refractivity contribution in [1.82, 2.24) is 4.57 Å². The molecule has 0 fully saturated rings. The van der Waals surface area contributed by atoms with Crippen molar-refractivity contribution in [2.24, 2.45) is 0 Å². The lowest BCUT2D eigenvalue weighted by Gasteiger charge is -2.25. The maximum atomic E-state index is 2.36. The molecule has 8 aromatic rings. The summed E-state index contributed by atoms with van der Waals surface area (Å²) in [7, 11) is 0. The first kappa shape index (κ1) is 25.8. The fourth-order valence-corrected chi connectivity index (χ4v) is 6.29. The number of para-hydroxylation sites is 4. The Bertz CT molecular complexity index is 2160. The number of hydrogen-bond acceptors (Lipinski definition) is 1. The van der Waals surface area contributed by atoms with Crippen LogP contribution < -0.4 is 4.90 Å². The predicted molar refractivity (Wildman–Crippen MR) is 186 cm³/mol. The predicted octanol–water partition coefficient (Wildman–Crippen LogP) is 11.6. The van der Waals surface area contributed by atoms with Crippen LogP contribution in [0.1, 0.15) is 0 Å². The average molecular weight is 563 g/mol. The first-order valence-corrected chi connectivity index (χ1v) is 15.0. The van der Waals surface area contributed by atoms with Crippen LogP contribution in [0.4, 0.5) is 17.1 Å². The molecule has 0 spiro atoms. The van der Waals surface area contributed by atoms with Crippen LogP contribution in [-0.2, 0) is 0 Å². The Kier molecular flexibility index (Phi) is 6.51. The maximum absolute atomic E-state index is 2.36. The van der Waals surface area contributed by atoms with E-state index in [4.69, 9.17) is 0 Å². The summed E-state index contributed by atoms with van der Waals surface area (Å²) in [6.07, 6.45) is 0. The summed E-state index contributed by atoms with van der Waals surface area (Å²) >= 11 is 0. The molecule has 0 unspecified atom stereocenters. The van der Waals surface area contributed by atoms with E-state index >= 15 is 0 Å². The second-order valence-corrected chi connectivity index (χ2v) is 11.1. The Balaban J connectivity index is 1.17. The van der Waals surface area contributed by atoms with Gasteiger partial charge in [-0.25, -0.2) is 0 Å². The fourth-order valence-electron chi connectivity index (χ4n) is 6.29. The third-order valence-corrected chi connectivity index (χ3v) is 8.37. The highest BCUT2D eigenvalue weighted by Gasteiger charge is 2.14. The molecule has 2 nitrogen and oxygen atoms in total. The Morgan fingerprint density at radius 2 is 0.818 bits per heavy atom. The minimum atomic E-state index is 1.13. The van der Waals surface area contributed by atoms with E-state index in [1.54, 1.807) is 0 Å². The summed E-state index contributed by atoms with van der Waals surface area (Å²) in [6, 6.07) is 65.0. The summed E-state index contributed by atoms with van der Waals surface area (Å²) in [5.41, 5.74) is 11.8. The quantitative estimate of drug-likeness (QED) is 0.196. The van der Waals surface area contributed by atoms with Crippen LogP contribution in [0.5, 0.6) is 0 Å². The number of fused-ring (bicyclic) bond motifs is 3. The molecule has 208 valence electrons. The fraction of sp³-hybridized carbons (Fsp3) is 0. The first-order chi connectivity index (χ1) is 21.8. The lowest BCUT2D eigenvalue weighted by Crippen LogP contribution is -2.09. The number of anilines is 3. The van der Waals surface area contributed by atoms with E-state index in [2.05, 4.69) is 191 Å². The molecule has 0 saturated heterocycles. The normalized spacial score (nSPS) is 11.2. The van der Waals surface area contributed by atoms with Gasteiger partial charge in [-0.3, -0.25) is 0 Å². The van der Waals surface area contributed by atoms with Crippen molar-refractivity contribution in [3.05, 3.63) is 182 Å². The maximum Gasteiger partial charge on any atom is 0.0541 e. The highest BCUT2D eigenvalue weighted by Crippen LogP contribution is 2.37. The van der Waals surface area contributed by atoms with Crippen molar-refractivity contribution in [3.8, 4) is 27.9 Å². The van der Waals surface area contributed by atoms with Gasteiger partial charge in [0.15, 0.2) is 0 Å². The molecule has 0 bridgehead atoms. The zero-order valence-corrected chi connectivity index (χ0v) is 24.2. The van der Waals surface area contributed by atoms with Gasteiger partial charge in [0.05, 0.1) is 11.0 Å². The monoisotopic (exact) mass is 562 g/mol. The number of rotatable bonds is 6. The Morgan fingerprint density at radius 1 is 0.318 bits per heavy atom. The average Bonchev–Trinajstić information content (AvgIpc) is 3.44. The van der Waals surface area contributed by atoms with E-state index in [0.717, 1.165) is 17.1 Å². The summed E-state index contributed by atoms with van der Waals surface area (Å²) in [5.74, 6) is 0. The number of hydrogen-bond donors (Lipinski definition) is 0. The van der Waals surface area contributed by atoms with E-state index in [0.29, 0.717) is 0 Å². The van der Waals surface area contributed by atoms with Crippen LogP contribution >= 0.6 is 0 Å². The van der Waals surface area contributed by atoms with E-state index in [9.17, 15) is 0 Å². The molecule has 2 heteroatoms. The van der Waals surface area contributed by atoms with E-state index in [1.807, 2.05) is 0 Å². The van der Waals surface area contributed by atoms with Gasteiger partial charge < -0.3 is 9.47 Å². The SMILES string of the molecule is c1ccc(N(c2ccccc2)c2ccc(-c3cccc(-c4ccc5c(c4)c4ccccc4n5-c4ccccc4)c3)cc2)cc1. The molecule has 0 aliphatic carbocycles. The minimum absolute atomic E-state index is 1.13. The molecular formula is C42H30N2. The highest BCUT2D eigenvalue weighted by atomic mass is 15.1. The van der Waals surface area contributed by atoms with Crippen molar-refractivity contribution in [2.45, 2.75) is 0 Å². The van der Waals surface area contributed by atoms with Gasteiger partial charge in [0.25, 0.3) is 0 Å². The van der Waals surface area contributed by atoms with Crippen molar-refractivity contribution in [3.63, 3.8) is 0 Å². The molecule has 1 heterocycles. The third kappa shape index (κ3) is 4.63. The van der Waals surface area contributed by atoms with Crippen molar-refractivity contribution < 1.29 is 0 Å². The van der Waals surface area contributed by atoms with Crippen LogP contribution in [0, 0.1) is 0 Å². The van der Waals surface area contributed by atoms with E-state index in [-0.39, 0.29) is 0 Å². The van der Waals surface area contributed by atoms with Crippen LogP contribution in [0.25, 0.3) is 49.7 Å². The first-order valence-electron chi connectivity index (χ1n) is 15.0. The molecular weight excluding hydrogens is 532 g/mol. The second kappa shape index (κ2) is 11.1. The lowest BCUT2D eigenvalue weighted by atomic mass is 9.97. The smallest absolute Gasteiger partial charge is 0.0541 e. The van der Waals surface area contributed by atoms with E-state index < -0.39 is 0 Å². The minimum Gasteiger partial charge on any atom is -0.311 e. The standard InChI is InChI=1S/C42H30N2/c1-4-15-35(16-5-1)43(36-17-6-2-7-18-36)38-26-23-31(24-27-38)32-13-12-14-33(29-32)34-25-28-42-40(30-34)39-21-10-11-22-41(39)44(42)37-19-8-3-9-20-37/h1-30H. The van der Waals surface area contributed by atoms with Gasteiger partial charge in [0, 0.05) is 33.5 Å². The van der Waals surface area contributed by atoms with Crippen LogP contribution in [0.2, 0.25) is 0 Å². The molecule has 0 amide bonds. The molecule has 0 aliphatic heterocycles. The number of benzene rings is 7. The highest BCUT2D eigenvalue weighted by molar-refractivity contribution is 6.10. The molecule has 7 aromatic carbocycles. The van der Waals surface area contributed by atoms with Crippen LogP contribution in [0.15, 0.2) is 182 Å². The van der Waals surface area contributed by atoms with Crippen molar-refractivity contribution in [2.75, 3.05) is 4.90 Å². The molecule has 0 aliphatic rings. The molecule has 1 aromatic heterocycles. The number of aromatic nitrogens is 1.